The maximum absolute atomic E-state index is 12.8. The van der Waals surface area contributed by atoms with Crippen molar-refractivity contribution in [3.63, 3.8) is 0 Å². The first-order chi connectivity index (χ1) is 17.2. The van der Waals surface area contributed by atoms with Gasteiger partial charge in [0.05, 0.1) is 18.4 Å². The molecule has 3 heterocycles. The van der Waals surface area contributed by atoms with E-state index in [0.717, 1.165) is 24.3 Å². The summed E-state index contributed by atoms with van der Waals surface area (Å²) in [5.41, 5.74) is 2.74. The van der Waals surface area contributed by atoms with E-state index in [1.165, 1.54) is 13.3 Å². The van der Waals surface area contributed by atoms with E-state index >= 15 is 0 Å². The quantitative estimate of drug-likeness (QED) is 0.577. The second-order valence-corrected chi connectivity index (χ2v) is 8.07. The average Bonchev–Trinajstić information content (AvgIpc) is 3.39. The van der Waals surface area contributed by atoms with Gasteiger partial charge in [0.1, 0.15) is 11.6 Å². The van der Waals surface area contributed by atoms with Crippen LogP contribution in [-0.2, 0) is 6.54 Å². The van der Waals surface area contributed by atoms with Gasteiger partial charge in [0.2, 0.25) is 18.6 Å². The van der Waals surface area contributed by atoms with E-state index in [-0.39, 0.29) is 24.1 Å². The Morgan fingerprint density at radius 2 is 1.89 bits per heavy atom. The number of carbonyl (C=O) groups is 1. The predicted molar refractivity (Wildman–Crippen MR) is 128 cm³/mol. The number of nitriles is 1. The number of rotatable bonds is 6. The molecular weight excluding hydrogens is 448 g/mol. The summed E-state index contributed by atoms with van der Waals surface area (Å²) < 4.78 is 16.1. The van der Waals surface area contributed by atoms with E-state index in [9.17, 15) is 10.1 Å². The SMILES string of the molecule is COc1nc(N2CCN(c3ccccc3C#N)CC2)ncc1C(=O)NCc1ccc2c(c1)OCO2. The smallest absolute Gasteiger partial charge is 0.258 e. The molecule has 10 nitrogen and oxygen atoms in total. The van der Waals surface area contributed by atoms with Crippen molar-refractivity contribution < 1.29 is 19.0 Å². The lowest BCUT2D eigenvalue weighted by atomic mass is 10.1. The number of hydrogen-bond donors (Lipinski definition) is 1. The number of amides is 1. The van der Waals surface area contributed by atoms with Crippen molar-refractivity contribution >= 4 is 17.5 Å². The van der Waals surface area contributed by atoms with Gasteiger partial charge in [-0.05, 0) is 29.8 Å². The third-order valence-electron chi connectivity index (χ3n) is 6.00. The lowest BCUT2D eigenvalue weighted by molar-refractivity contribution is 0.0946. The van der Waals surface area contributed by atoms with Gasteiger partial charge in [-0.2, -0.15) is 10.2 Å². The molecule has 1 aromatic heterocycles. The van der Waals surface area contributed by atoms with E-state index in [4.69, 9.17) is 14.2 Å². The zero-order valence-corrected chi connectivity index (χ0v) is 19.2. The van der Waals surface area contributed by atoms with Crippen LogP contribution in [0, 0.1) is 11.3 Å². The molecule has 0 saturated carbocycles. The third-order valence-corrected chi connectivity index (χ3v) is 6.00. The van der Waals surface area contributed by atoms with Crippen molar-refractivity contribution in [1.29, 1.82) is 5.26 Å². The summed E-state index contributed by atoms with van der Waals surface area (Å²) in [5.74, 6) is 1.75. The van der Waals surface area contributed by atoms with Crippen LogP contribution in [0.15, 0.2) is 48.7 Å². The molecule has 2 aliphatic rings. The van der Waals surface area contributed by atoms with Gasteiger partial charge in [0, 0.05) is 38.9 Å². The Labute approximate surface area is 202 Å². The zero-order valence-electron chi connectivity index (χ0n) is 19.2. The molecule has 5 rings (SSSR count). The molecule has 0 atom stereocenters. The highest BCUT2D eigenvalue weighted by Gasteiger charge is 2.23. The fraction of sp³-hybridized carbons (Fsp3) is 0.280. The number of anilines is 2. The minimum absolute atomic E-state index is 0.203. The van der Waals surface area contributed by atoms with Crippen LogP contribution in [0.5, 0.6) is 17.4 Å². The number of hydrogen-bond acceptors (Lipinski definition) is 9. The molecule has 2 aromatic carbocycles. The lowest BCUT2D eigenvalue weighted by Crippen LogP contribution is -2.47. The standard InChI is InChI=1S/C25H24N6O4/c1-33-24-19(23(32)27-14-17-6-7-21-22(12-17)35-16-34-21)15-28-25(29-24)31-10-8-30(9-11-31)20-5-3-2-4-18(20)13-26/h2-7,12,15H,8-11,14,16H2,1H3,(H,27,32). The second kappa shape index (κ2) is 9.77. The number of methoxy groups -OCH3 is 1. The predicted octanol–water partition coefficient (Wildman–Crippen LogP) is 2.34. The van der Waals surface area contributed by atoms with E-state index in [1.807, 2.05) is 47.4 Å². The first-order valence-electron chi connectivity index (χ1n) is 11.2. The molecule has 1 fully saturated rings. The number of aromatic nitrogens is 2. The Balaban J connectivity index is 1.23. The van der Waals surface area contributed by atoms with Crippen molar-refractivity contribution in [3.05, 3.63) is 65.4 Å². The number of para-hydroxylation sites is 1. The van der Waals surface area contributed by atoms with Gasteiger partial charge in [-0.15, -0.1) is 0 Å². The Morgan fingerprint density at radius 3 is 2.69 bits per heavy atom. The van der Waals surface area contributed by atoms with Gasteiger partial charge >= 0.3 is 0 Å². The van der Waals surface area contributed by atoms with Gasteiger partial charge in [0.15, 0.2) is 11.5 Å². The van der Waals surface area contributed by atoms with E-state index in [0.29, 0.717) is 42.6 Å². The molecule has 0 unspecified atom stereocenters. The fourth-order valence-electron chi connectivity index (χ4n) is 4.14. The monoisotopic (exact) mass is 472 g/mol. The first kappa shape index (κ1) is 22.3. The summed E-state index contributed by atoms with van der Waals surface area (Å²) in [7, 11) is 1.48. The highest BCUT2D eigenvalue weighted by molar-refractivity contribution is 5.96. The molecule has 10 heteroatoms. The molecule has 1 saturated heterocycles. The Bertz CT molecular complexity index is 1280. The Kier molecular flexibility index (Phi) is 6.22. The molecule has 178 valence electrons. The van der Waals surface area contributed by atoms with Crippen LogP contribution in [-0.4, -0.2) is 56.0 Å². The van der Waals surface area contributed by atoms with Crippen molar-refractivity contribution in [2.24, 2.45) is 0 Å². The van der Waals surface area contributed by atoms with E-state index in [2.05, 4.69) is 26.3 Å². The minimum Gasteiger partial charge on any atom is -0.480 e. The second-order valence-electron chi connectivity index (χ2n) is 8.07. The average molecular weight is 473 g/mol. The number of nitrogens with zero attached hydrogens (tertiary/aromatic N) is 5. The van der Waals surface area contributed by atoms with Gasteiger partial charge in [-0.25, -0.2) is 4.98 Å². The number of piperazine rings is 1. The number of fused-ring (bicyclic) bond motifs is 1. The molecule has 2 aliphatic heterocycles. The van der Waals surface area contributed by atoms with E-state index < -0.39 is 0 Å². The maximum Gasteiger partial charge on any atom is 0.258 e. The minimum atomic E-state index is -0.330. The molecule has 0 aliphatic carbocycles. The summed E-state index contributed by atoms with van der Waals surface area (Å²) in [6, 6.07) is 15.4. The van der Waals surface area contributed by atoms with Gasteiger partial charge < -0.3 is 29.3 Å². The van der Waals surface area contributed by atoms with Crippen molar-refractivity contribution in [2.75, 3.05) is 49.9 Å². The van der Waals surface area contributed by atoms with Crippen LogP contribution in [0.1, 0.15) is 21.5 Å². The summed E-state index contributed by atoms with van der Waals surface area (Å²) in [4.78, 5) is 26.0. The Morgan fingerprint density at radius 1 is 1.11 bits per heavy atom. The van der Waals surface area contributed by atoms with E-state index in [1.54, 1.807) is 0 Å². The number of nitrogens with one attached hydrogen (secondary N) is 1. The van der Waals surface area contributed by atoms with Crippen LogP contribution in [0.3, 0.4) is 0 Å². The highest BCUT2D eigenvalue weighted by Crippen LogP contribution is 2.32. The molecule has 0 bridgehead atoms. The number of benzene rings is 2. The summed E-state index contributed by atoms with van der Waals surface area (Å²) >= 11 is 0. The summed E-state index contributed by atoms with van der Waals surface area (Å²) in [6.07, 6.45) is 1.49. The summed E-state index contributed by atoms with van der Waals surface area (Å²) in [6.45, 7) is 3.32. The molecule has 1 amide bonds. The van der Waals surface area contributed by atoms with Gasteiger partial charge in [-0.3, -0.25) is 4.79 Å². The molecule has 0 spiro atoms. The van der Waals surface area contributed by atoms with Crippen LogP contribution in [0.25, 0.3) is 0 Å². The molecule has 0 radical (unpaired) electrons. The van der Waals surface area contributed by atoms with Crippen molar-refractivity contribution in [1.82, 2.24) is 15.3 Å². The lowest BCUT2D eigenvalue weighted by Gasteiger charge is -2.36. The van der Waals surface area contributed by atoms with Crippen molar-refractivity contribution in [3.8, 4) is 23.4 Å². The number of ether oxygens (including phenoxy) is 3. The fourth-order valence-corrected chi connectivity index (χ4v) is 4.14. The van der Waals surface area contributed by atoms with Crippen LogP contribution >= 0.6 is 0 Å². The normalized spacial score (nSPS) is 14.4. The molecule has 35 heavy (non-hydrogen) atoms. The third kappa shape index (κ3) is 4.61. The van der Waals surface area contributed by atoms with Crippen LogP contribution < -0.4 is 29.3 Å². The van der Waals surface area contributed by atoms with Gasteiger partial charge in [-0.1, -0.05) is 18.2 Å². The molecular formula is C25H24N6O4. The topological polar surface area (TPSA) is 113 Å². The van der Waals surface area contributed by atoms with Crippen LogP contribution in [0.4, 0.5) is 11.6 Å². The first-order valence-corrected chi connectivity index (χ1v) is 11.2. The largest absolute Gasteiger partial charge is 0.480 e. The number of carbonyl (C=O) groups excluding carboxylic acids is 1. The maximum atomic E-state index is 12.8. The molecule has 1 N–H and O–H groups in total. The zero-order chi connectivity index (χ0) is 24.2. The summed E-state index contributed by atoms with van der Waals surface area (Å²) in [5, 5.41) is 12.3. The van der Waals surface area contributed by atoms with Crippen LogP contribution in [0.2, 0.25) is 0 Å². The van der Waals surface area contributed by atoms with Crippen molar-refractivity contribution in [2.45, 2.75) is 6.54 Å². The Hall–Kier alpha value is -4.52. The van der Waals surface area contributed by atoms with Gasteiger partial charge in [0.25, 0.3) is 5.91 Å². The molecule has 3 aromatic rings. The highest BCUT2D eigenvalue weighted by atomic mass is 16.7.